The van der Waals surface area contributed by atoms with Gasteiger partial charge < -0.3 is 9.84 Å². The third-order valence-electron chi connectivity index (χ3n) is 6.11. The Hall–Kier alpha value is -3.02. The number of rotatable bonds is 13. The molecule has 0 radical (unpaired) electrons. The molecule has 1 N–H and O–H groups in total. The first kappa shape index (κ1) is 30.5. The zero-order valence-corrected chi connectivity index (χ0v) is 22.2. The van der Waals surface area contributed by atoms with Crippen molar-refractivity contribution >= 4 is 9.84 Å². The lowest BCUT2D eigenvalue weighted by atomic mass is 10.1. The van der Waals surface area contributed by atoms with E-state index in [1.54, 1.807) is 0 Å². The fraction of sp³-hybridized carbons (Fsp3) is 0.357. The maximum Gasteiger partial charge on any atom is 0.419 e. The van der Waals surface area contributed by atoms with Crippen LogP contribution in [0.1, 0.15) is 28.7 Å². The lowest BCUT2D eigenvalue weighted by Crippen LogP contribution is -2.28. The third-order valence-corrected chi connectivity index (χ3v) is 7.28. The van der Waals surface area contributed by atoms with E-state index >= 15 is 0 Å². The van der Waals surface area contributed by atoms with Crippen molar-refractivity contribution in [3.8, 4) is 5.75 Å². The van der Waals surface area contributed by atoms with Gasteiger partial charge in [0.05, 0.1) is 17.1 Å². The van der Waals surface area contributed by atoms with E-state index in [9.17, 15) is 30.4 Å². The van der Waals surface area contributed by atoms with Crippen LogP contribution in [0.5, 0.6) is 5.75 Å². The first-order valence-corrected chi connectivity index (χ1v) is 14.2. The highest BCUT2D eigenvalue weighted by atomic mass is 32.2. The summed E-state index contributed by atoms with van der Waals surface area (Å²) in [5.74, 6) is -2.13. The molecule has 0 atom stereocenters. The molecular formula is C28H30F5NO4S. The normalized spacial score (nSPS) is 12.2. The number of halogens is 5. The lowest BCUT2D eigenvalue weighted by molar-refractivity contribution is -0.140. The Morgan fingerprint density at radius 1 is 0.949 bits per heavy atom. The number of hydrogen-bond acceptors (Lipinski definition) is 5. The van der Waals surface area contributed by atoms with Gasteiger partial charge in [0.15, 0.2) is 9.84 Å². The van der Waals surface area contributed by atoms with E-state index in [1.165, 1.54) is 18.2 Å². The van der Waals surface area contributed by atoms with Crippen LogP contribution >= 0.6 is 0 Å². The molecule has 0 unspecified atom stereocenters. The molecule has 0 fully saturated rings. The second-order valence-electron chi connectivity index (χ2n) is 9.12. The standard InChI is InChI=1S/C28H30F5NO4S/c1-39(36,37)26-18-22(17-25(29)23(26)12-15-35)38-16-6-13-34(14-11-20-7-3-2-4-8-20)19-21-9-5-10-24(27(21)30)28(31,32)33/h2-5,7-10,17-18,35H,6,11-16,19H2,1H3. The van der Waals surface area contributed by atoms with E-state index in [0.717, 1.165) is 17.9 Å². The van der Waals surface area contributed by atoms with Crippen LogP contribution in [0.25, 0.3) is 0 Å². The van der Waals surface area contributed by atoms with E-state index in [2.05, 4.69) is 0 Å². The molecule has 0 saturated heterocycles. The van der Waals surface area contributed by atoms with Crippen molar-refractivity contribution in [2.75, 3.05) is 32.6 Å². The van der Waals surface area contributed by atoms with Gasteiger partial charge in [0, 0.05) is 49.7 Å². The fourth-order valence-electron chi connectivity index (χ4n) is 4.20. The Kier molecular flexibility index (Phi) is 10.5. The van der Waals surface area contributed by atoms with Crippen molar-refractivity contribution in [1.29, 1.82) is 0 Å². The minimum Gasteiger partial charge on any atom is -0.493 e. The summed E-state index contributed by atoms with van der Waals surface area (Å²) in [7, 11) is -3.79. The number of nitrogens with zero attached hydrogens (tertiary/aromatic N) is 1. The van der Waals surface area contributed by atoms with Crippen LogP contribution in [0.2, 0.25) is 0 Å². The molecule has 0 amide bonds. The average molecular weight is 572 g/mol. The van der Waals surface area contributed by atoms with Crippen LogP contribution in [-0.2, 0) is 35.4 Å². The number of aliphatic hydroxyl groups excluding tert-OH is 1. The summed E-state index contributed by atoms with van der Waals surface area (Å²) in [5, 5.41) is 9.15. The first-order chi connectivity index (χ1) is 18.4. The molecule has 5 nitrogen and oxygen atoms in total. The van der Waals surface area contributed by atoms with Gasteiger partial charge in [-0.25, -0.2) is 17.2 Å². The van der Waals surface area contributed by atoms with Gasteiger partial charge >= 0.3 is 6.18 Å². The zero-order chi connectivity index (χ0) is 28.6. The van der Waals surface area contributed by atoms with Crippen molar-refractivity contribution in [2.24, 2.45) is 0 Å². The van der Waals surface area contributed by atoms with E-state index in [0.29, 0.717) is 32.0 Å². The molecule has 0 aliphatic heterocycles. The highest BCUT2D eigenvalue weighted by molar-refractivity contribution is 7.90. The van der Waals surface area contributed by atoms with Gasteiger partial charge in [0.2, 0.25) is 0 Å². The monoisotopic (exact) mass is 571 g/mol. The van der Waals surface area contributed by atoms with Crippen LogP contribution in [0, 0.1) is 11.6 Å². The molecule has 0 spiro atoms. The minimum absolute atomic E-state index is 0.00521. The highest BCUT2D eigenvalue weighted by Gasteiger charge is 2.34. The minimum atomic E-state index is -4.81. The molecule has 0 heterocycles. The largest absolute Gasteiger partial charge is 0.493 e. The van der Waals surface area contributed by atoms with Crippen LogP contribution < -0.4 is 4.74 Å². The number of hydrogen-bond donors (Lipinski definition) is 1. The summed E-state index contributed by atoms with van der Waals surface area (Å²) in [4.78, 5) is 1.54. The average Bonchev–Trinajstić information content (AvgIpc) is 2.86. The van der Waals surface area contributed by atoms with Crippen molar-refractivity contribution in [1.82, 2.24) is 4.90 Å². The predicted molar refractivity (Wildman–Crippen MR) is 137 cm³/mol. The Labute approximate surface area is 224 Å². The second-order valence-corrected chi connectivity index (χ2v) is 11.1. The molecule has 212 valence electrons. The maximum atomic E-state index is 14.7. The van der Waals surface area contributed by atoms with E-state index in [-0.39, 0.29) is 41.3 Å². The van der Waals surface area contributed by atoms with E-state index in [1.807, 2.05) is 35.2 Å². The molecule has 0 bridgehead atoms. The van der Waals surface area contributed by atoms with Gasteiger partial charge in [-0.15, -0.1) is 0 Å². The van der Waals surface area contributed by atoms with Crippen molar-refractivity contribution < 1.29 is 40.2 Å². The second kappa shape index (κ2) is 13.4. The SMILES string of the molecule is CS(=O)(=O)c1cc(OCCCN(CCc2ccccc2)Cc2cccc(C(F)(F)F)c2F)cc(F)c1CCO. The summed E-state index contributed by atoms with van der Waals surface area (Å²) in [6.07, 6.45) is -3.11. The molecule has 0 aromatic heterocycles. The van der Waals surface area contributed by atoms with E-state index in [4.69, 9.17) is 9.84 Å². The molecule has 3 rings (SSSR count). The summed E-state index contributed by atoms with van der Waals surface area (Å²) in [6.45, 7) is 0.320. The van der Waals surface area contributed by atoms with Gasteiger partial charge in [-0.3, -0.25) is 4.90 Å². The summed E-state index contributed by atoms with van der Waals surface area (Å²) in [5.41, 5.74) is -0.518. The van der Waals surface area contributed by atoms with Crippen LogP contribution in [-0.4, -0.2) is 51.0 Å². The van der Waals surface area contributed by atoms with Crippen molar-refractivity contribution in [3.05, 3.63) is 94.6 Å². The molecule has 0 aliphatic rings. The summed E-state index contributed by atoms with van der Waals surface area (Å²) in [6, 6.07) is 14.9. The summed E-state index contributed by atoms with van der Waals surface area (Å²) >= 11 is 0. The number of sulfone groups is 1. The summed E-state index contributed by atoms with van der Waals surface area (Å²) < 4.78 is 98.6. The quantitative estimate of drug-likeness (QED) is 0.219. The smallest absolute Gasteiger partial charge is 0.419 e. The molecule has 11 heteroatoms. The van der Waals surface area contributed by atoms with Gasteiger partial charge in [-0.05, 0) is 37.0 Å². The molecule has 0 aliphatic carbocycles. The van der Waals surface area contributed by atoms with Crippen LogP contribution in [0.3, 0.4) is 0 Å². The Balaban J connectivity index is 1.71. The Bertz CT molecular complexity index is 1350. The molecule has 0 saturated carbocycles. The van der Waals surface area contributed by atoms with Crippen LogP contribution in [0.15, 0.2) is 65.6 Å². The van der Waals surface area contributed by atoms with Crippen molar-refractivity contribution in [3.63, 3.8) is 0 Å². The lowest BCUT2D eigenvalue weighted by Gasteiger charge is -2.23. The third kappa shape index (κ3) is 8.74. The van der Waals surface area contributed by atoms with Gasteiger partial charge in [0.1, 0.15) is 17.4 Å². The molecule has 3 aromatic rings. The van der Waals surface area contributed by atoms with Crippen molar-refractivity contribution in [2.45, 2.75) is 36.9 Å². The van der Waals surface area contributed by atoms with Crippen LogP contribution in [0.4, 0.5) is 22.0 Å². The zero-order valence-electron chi connectivity index (χ0n) is 21.3. The Morgan fingerprint density at radius 3 is 2.31 bits per heavy atom. The molecule has 39 heavy (non-hydrogen) atoms. The van der Waals surface area contributed by atoms with Gasteiger partial charge in [-0.1, -0.05) is 42.5 Å². The Morgan fingerprint density at radius 2 is 1.67 bits per heavy atom. The number of benzene rings is 3. The molecular weight excluding hydrogens is 541 g/mol. The number of ether oxygens (including phenoxy) is 1. The first-order valence-electron chi connectivity index (χ1n) is 12.3. The van der Waals surface area contributed by atoms with E-state index < -0.39 is 39.8 Å². The number of aliphatic hydroxyl groups is 1. The molecule has 3 aromatic carbocycles. The van der Waals surface area contributed by atoms with Gasteiger partial charge in [-0.2, -0.15) is 13.2 Å². The maximum absolute atomic E-state index is 14.7. The predicted octanol–water partition coefficient (Wildman–Crippen LogP) is 5.44. The number of alkyl halides is 3. The fourth-order valence-corrected chi connectivity index (χ4v) is 5.18. The highest BCUT2D eigenvalue weighted by Crippen LogP contribution is 2.33. The van der Waals surface area contributed by atoms with Gasteiger partial charge in [0.25, 0.3) is 0 Å². The topological polar surface area (TPSA) is 66.8 Å².